The lowest BCUT2D eigenvalue weighted by Crippen LogP contribution is -2.30. The van der Waals surface area contributed by atoms with Crippen molar-refractivity contribution in [2.75, 3.05) is 23.1 Å². The van der Waals surface area contributed by atoms with Crippen LogP contribution in [0.3, 0.4) is 0 Å². The van der Waals surface area contributed by atoms with Gasteiger partial charge in [-0.1, -0.05) is 42.5 Å². The molecule has 0 unspecified atom stereocenters. The Labute approximate surface area is 191 Å². The van der Waals surface area contributed by atoms with Crippen LogP contribution in [0.25, 0.3) is 0 Å². The van der Waals surface area contributed by atoms with Gasteiger partial charge in [-0.25, -0.2) is 12.8 Å². The van der Waals surface area contributed by atoms with Crippen LogP contribution in [0.2, 0.25) is 0 Å². The van der Waals surface area contributed by atoms with Crippen molar-refractivity contribution in [3.63, 3.8) is 0 Å². The molecule has 1 aliphatic rings. The molecule has 32 heavy (non-hydrogen) atoms. The number of para-hydroxylation sites is 1. The monoisotopic (exact) mass is 470 g/mol. The number of fused-ring (bicyclic) bond motifs is 1. The Balaban J connectivity index is 1.36. The first-order valence-corrected chi connectivity index (χ1v) is 12.9. The molecule has 0 bridgehead atoms. The standard InChI is InChI=1S/C24H23FN2O3S2/c25-22-10-3-1-7-20(22)17-31-15-13-26-24(28)19-8-5-9-21(16-19)32(29,30)27-14-12-18-6-2-4-11-23(18)27/h1-11,16H,12-15,17H2,(H,26,28). The molecule has 1 amide bonds. The molecule has 0 radical (unpaired) electrons. The third-order valence-corrected chi connectivity index (χ3v) is 8.09. The summed E-state index contributed by atoms with van der Waals surface area (Å²) in [5.74, 6) is 0.564. The van der Waals surface area contributed by atoms with E-state index in [1.807, 2.05) is 18.2 Å². The van der Waals surface area contributed by atoms with Crippen LogP contribution in [0.5, 0.6) is 0 Å². The number of nitrogens with zero attached hydrogens (tertiary/aromatic N) is 1. The molecule has 1 N–H and O–H groups in total. The number of carbonyl (C=O) groups is 1. The van der Waals surface area contributed by atoms with Gasteiger partial charge in [-0.05, 0) is 47.9 Å². The molecule has 1 heterocycles. The number of benzene rings is 3. The molecular formula is C24H23FN2O3S2. The first-order valence-electron chi connectivity index (χ1n) is 10.3. The molecule has 0 aromatic heterocycles. The van der Waals surface area contributed by atoms with Gasteiger partial charge in [-0.3, -0.25) is 9.10 Å². The van der Waals surface area contributed by atoms with Crippen LogP contribution < -0.4 is 9.62 Å². The van der Waals surface area contributed by atoms with Crippen LogP contribution in [0.1, 0.15) is 21.5 Å². The van der Waals surface area contributed by atoms with Crippen LogP contribution >= 0.6 is 11.8 Å². The molecule has 5 nitrogen and oxygen atoms in total. The van der Waals surface area contributed by atoms with Crippen molar-refractivity contribution < 1.29 is 17.6 Å². The van der Waals surface area contributed by atoms with E-state index in [0.29, 0.717) is 42.3 Å². The van der Waals surface area contributed by atoms with Gasteiger partial charge < -0.3 is 5.32 Å². The molecule has 8 heteroatoms. The van der Waals surface area contributed by atoms with E-state index in [0.717, 1.165) is 5.56 Å². The quantitative estimate of drug-likeness (QED) is 0.500. The highest BCUT2D eigenvalue weighted by molar-refractivity contribution is 7.98. The van der Waals surface area contributed by atoms with Crippen LogP contribution in [0, 0.1) is 5.82 Å². The number of rotatable bonds is 8. The van der Waals surface area contributed by atoms with Crippen LogP contribution in [0.4, 0.5) is 10.1 Å². The van der Waals surface area contributed by atoms with E-state index in [-0.39, 0.29) is 22.2 Å². The summed E-state index contributed by atoms with van der Waals surface area (Å²) < 4.78 is 41.4. The van der Waals surface area contributed by atoms with Gasteiger partial charge in [0.15, 0.2) is 0 Å². The molecule has 3 aromatic rings. The fourth-order valence-electron chi connectivity index (χ4n) is 3.62. The minimum atomic E-state index is -3.76. The van der Waals surface area contributed by atoms with Gasteiger partial charge in [0.1, 0.15) is 5.82 Å². The van der Waals surface area contributed by atoms with Crippen LogP contribution in [-0.2, 0) is 22.2 Å². The molecule has 166 valence electrons. The predicted octanol–water partition coefficient (Wildman–Crippen LogP) is 4.24. The van der Waals surface area contributed by atoms with Gasteiger partial charge in [0.2, 0.25) is 0 Å². The maximum atomic E-state index is 13.6. The van der Waals surface area contributed by atoms with E-state index in [1.54, 1.807) is 36.4 Å². The average molecular weight is 471 g/mol. The first-order chi connectivity index (χ1) is 15.5. The molecule has 4 rings (SSSR count). The number of sulfonamides is 1. The number of hydrogen-bond acceptors (Lipinski definition) is 4. The largest absolute Gasteiger partial charge is 0.351 e. The fourth-order valence-corrected chi connectivity index (χ4v) is 6.01. The molecule has 0 aliphatic carbocycles. The fraction of sp³-hybridized carbons (Fsp3) is 0.208. The van der Waals surface area contributed by atoms with Crippen molar-refractivity contribution in [2.45, 2.75) is 17.1 Å². The number of halogens is 1. The second-order valence-corrected chi connectivity index (χ2v) is 10.4. The molecular weight excluding hydrogens is 447 g/mol. The topological polar surface area (TPSA) is 66.5 Å². The number of thioether (sulfide) groups is 1. The summed E-state index contributed by atoms with van der Waals surface area (Å²) in [6.07, 6.45) is 0.667. The molecule has 0 fully saturated rings. The normalized spacial score (nSPS) is 13.1. The Bertz CT molecular complexity index is 1230. The number of nitrogens with one attached hydrogen (secondary N) is 1. The van der Waals surface area contributed by atoms with Crippen molar-refractivity contribution in [2.24, 2.45) is 0 Å². The molecule has 0 atom stereocenters. The van der Waals surface area contributed by atoms with Gasteiger partial charge >= 0.3 is 0 Å². The zero-order chi connectivity index (χ0) is 22.6. The van der Waals surface area contributed by atoms with Crippen LogP contribution in [-0.4, -0.2) is 33.2 Å². The van der Waals surface area contributed by atoms with E-state index < -0.39 is 10.0 Å². The van der Waals surface area contributed by atoms with Gasteiger partial charge in [0.05, 0.1) is 10.6 Å². The maximum Gasteiger partial charge on any atom is 0.264 e. The van der Waals surface area contributed by atoms with E-state index in [2.05, 4.69) is 5.32 Å². The Hall–Kier alpha value is -2.84. The SMILES string of the molecule is O=C(NCCSCc1ccccc1F)c1cccc(S(=O)(=O)N2CCc3ccccc32)c1. The minimum Gasteiger partial charge on any atom is -0.351 e. The zero-order valence-corrected chi connectivity index (χ0v) is 19.0. The molecule has 0 saturated heterocycles. The summed E-state index contributed by atoms with van der Waals surface area (Å²) in [6, 6.07) is 20.2. The Morgan fingerprint density at radius 3 is 2.66 bits per heavy atom. The highest BCUT2D eigenvalue weighted by atomic mass is 32.2. The van der Waals surface area contributed by atoms with E-state index >= 15 is 0 Å². The first kappa shape index (κ1) is 22.4. The Morgan fingerprint density at radius 1 is 1.03 bits per heavy atom. The van der Waals surface area contributed by atoms with Gasteiger partial charge in [0, 0.05) is 30.2 Å². The second kappa shape index (κ2) is 9.75. The molecule has 0 spiro atoms. The highest BCUT2D eigenvalue weighted by Gasteiger charge is 2.30. The Morgan fingerprint density at radius 2 is 1.81 bits per heavy atom. The summed E-state index contributed by atoms with van der Waals surface area (Å²) in [5.41, 5.74) is 2.61. The summed E-state index contributed by atoms with van der Waals surface area (Å²) in [5, 5.41) is 2.80. The third kappa shape index (κ3) is 4.81. The van der Waals surface area contributed by atoms with E-state index in [1.165, 1.54) is 34.3 Å². The van der Waals surface area contributed by atoms with Crippen molar-refractivity contribution in [3.8, 4) is 0 Å². The van der Waals surface area contributed by atoms with Crippen molar-refractivity contribution in [3.05, 3.63) is 95.3 Å². The average Bonchev–Trinajstić information content (AvgIpc) is 3.25. The predicted molar refractivity (Wildman–Crippen MR) is 126 cm³/mol. The zero-order valence-electron chi connectivity index (χ0n) is 17.3. The summed E-state index contributed by atoms with van der Waals surface area (Å²) in [4.78, 5) is 12.6. The number of carbonyl (C=O) groups excluding carboxylic acids is 1. The van der Waals surface area contributed by atoms with Crippen molar-refractivity contribution >= 4 is 33.4 Å². The number of anilines is 1. The molecule has 1 aliphatic heterocycles. The van der Waals surface area contributed by atoms with Gasteiger partial charge in [0.25, 0.3) is 15.9 Å². The summed E-state index contributed by atoms with van der Waals surface area (Å²) >= 11 is 1.52. The van der Waals surface area contributed by atoms with E-state index in [9.17, 15) is 17.6 Å². The number of amides is 1. The third-order valence-electron chi connectivity index (χ3n) is 5.28. The molecule has 3 aromatic carbocycles. The smallest absolute Gasteiger partial charge is 0.264 e. The van der Waals surface area contributed by atoms with Crippen molar-refractivity contribution in [1.82, 2.24) is 5.32 Å². The molecule has 0 saturated carbocycles. The summed E-state index contributed by atoms with van der Waals surface area (Å²) in [6.45, 7) is 0.783. The van der Waals surface area contributed by atoms with E-state index in [4.69, 9.17) is 0 Å². The van der Waals surface area contributed by atoms with Gasteiger partial charge in [-0.2, -0.15) is 11.8 Å². The van der Waals surface area contributed by atoms with Gasteiger partial charge in [-0.15, -0.1) is 0 Å². The maximum absolute atomic E-state index is 13.6. The second-order valence-electron chi connectivity index (χ2n) is 7.38. The highest BCUT2D eigenvalue weighted by Crippen LogP contribution is 2.32. The summed E-state index contributed by atoms with van der Waals surface area (Å²) in [7, 11) is -3.76. The van der Waals surface area contributed by atoms with Crippen LogP contribution in [0.15, 0.2) is 77.7 Å². The lowest BCUT2D eigenvalue weighted by molar-refractivity contribution is 0.0956. The Kier molecular flexibility index (Phi) is 6.81. The lowest BCUT2D eigenvalue weighted by Gasteiger charge is -2.20. The lowest BCUT2D eigenvalue weighted by atomic mass is 10.2. The minimum absolute atomic E-state index is 0.0933. The number of hydrogen-bond donors (Lipinski definition) is 1. The van der Waals surface area contributed by atoms with Crippen molar-refractivity contribution in [1.29, 1.82) is 0 Å².